The highest BCUT2D eigenvalue weighted by atomic mass is 19.4. The van der Waals surface area contributed by atoms with Crippen molar-refractivity contribution in [3.8, 4) is 0 Å². The first-order valence-electron chi connectivity index (χ1n) is 4.95. The average Bonchev–Trinajstić information content (AvgIpc) is 2.27. The first-order chi connectivity index (χ1) is 7.86. The fourth-order valence-electron chi connectivity index (χ4n) is 1.26. The molecule has 1 atom stereocenters. The number of nitrogens with two attached hydrogens (primary N) is 1. The number of carbonyl (C=O) groups is 1. The van der Waals surface area contributed by atoms with Gasteiger partial charge in [-0.2, -0.15) is 13.2 Å². The molecule has 0 aliphatic carbocycles. The zero-order valence-electron chi connectivity index (χ0n) is 9.12. The molecule has 0 spiro atoms. The van der Waals surface area contributed by atoms with Gasteiger partial charge in [-0.05, 0) is 24.6 Å². The quantitative estimate of drug-likeness (QED) is 0.834. The van der Waals surface area contributed by atoms with Crippen LogP contribution in [0.2, 0.25) is 0 Å². The van der Waals surface area contributed by atoms with Gasteiger partial charge in [0.05, 0.1) is 12.2 Å². The van der Waals surface area contributed by atoms with Crippen LogP contribution in [0.4, 0.5) is 13.2 Å². The van der Waals surface area contributed by atoms with Crippen molar-refractivity contribution < 1.29 is 22.7 Å². The van der Waals surface area contributed by atoms with Gasteiger partial charge >= 0.3 is 12.1 Å². The number of alkyl halides is 3. The number of rotatable bonds is 3. The Morgan fingerprint density at radius 3 is 2.65 bits per heavy atom. The van der Waals surface area contributed by atoms with Crippen molar-refractivity contribution >= 4 is 5.97 Å². The van der Waals surface area contributed by atoms with E-state index in [4.69, 9.17) is 5.73 Å². The highest BCUT2D eigenvalue weighted by Gasteiger charge is 2.37. The van der Waals surface area contributed by atoms with E-state index in [-0.39, 0.29) is 17.7 Å². The van der Waals surface area contributed by atoms with E-state index in [1.165, 1.54) is 18.2 Å². The number of ether oxygens (including phenoxy) is 1. The predicted molar refractivity (Wildman–Crippen MR) is 55.4 cm³/mol. The SMILES string of the molecule is CCOC(=O)c1cccc([C@H](N)C(F)(F)F)c1. The van der Waals surface area contributed by atoms with Gasteiger partial charge in [0.25, 0.3) is 0 Å². The van der Waals surface area contributed by atoms with Crippen LogP contribution in [0.25, 0.3) is 0 Å². The van der Waals surface area contributed by atoms with Gasteiger partial charge in [0.2, 0.25) is 0 Å². The highest BCUT2D eigenvalue weighted by molar-refractivity contribution is 5.89. The summed E-state index contributed by atoms with van der Waals surface area (Å²) in [5.41, 5.74) is 4.93. The molecule has 0 saturated heterocycles. The Hall–Kier alpha value is -1.56. The Morgan fingerprint density at radius 2 is 2.12 bits per heavy atom. The summed E-state index contributed by atoms with van der Waals surface area (Å²) in [4.78, 5) is 11.3. The Kier molecular flexibility index (Phi) is 4.11. The van der Waals surface area contributed by atoms with Crippen molar-refractivity contribution in [2.45, 2.75) is 19.1 Å². The summed E-state index contributed by atoms with van der Waals surface area (Å²) in [5.74, 6) is -0.663. The first kappa shape index (κ1) is 13.5. The molecule has 0 aliphatic rings. The summed E-state index contributed by atoms with van der Waals surface area (Å²) in [6, 6.07) is 2.94. The van der Waals surface area contributed by atoms with Gasteiger partial charge < -0.3 is 10.5 Å². The maximum Gasteiger partial charge on any atom is 0.407 e. The van der Waals surface area contributed by atoms with Crippen molar-refractivity contribution in [3.05, 3.63) is 35.4 Å². The Bertz CT molecular complexity index is 404. The zero-order chi connectivity index (χ0) is 13.1. The number of esters is 1. The molecule has 0 aliphatic heterocycles. The van der Waals surface area contributed by atoms with E-state index in [0.717, 1.165) is 6.07 Å². The smallest absolute Gasteiger partial charge is 0.407 e. The summed E-state index contributed by atoms with van der Waals surface area (Å²) in [6.45, 7) is 1.78. The monoisotopic (exact) mass is 247 g/mol. The molecule has 1 aromatic carbocycles. The molecule has 3 nitrogen and oxygen atoms in total. The van der Waals surface area contributed by atoms with E-state index in [9.17, 15) is 18.0 Å². The molecular formula is C11H12F3NO2. The summed E-state index contributed by atoms with van der Waals surface area (Å²) in [7, 11) is 0. The van der Waals surface area contributed by atoms with Gasteiger partial charge in [0.15, 0.2) is 0 Å². The van der Waals surface area contributed by atoms with Gasteiger partial charge in [0.1, 0.15) is 6.04 Å². The standard InChI is InChI=1S/C11H12F3NO2/c1-2-17-10(16)8-5-3-4-7(6-8)9(15)11(12,13)14/h3-6,9H,2,15H2,1H3/t9-/m0/s1. The van der Waals surface area contributed by atoms with Crippen molar-refractivity contribution in [1.29, 1.82) is 0 Å². The topological polar surface area (TPSA) is 52.3 Å². The van der Waals surface area contributed by atoms with Crippen LogP contribution in [0, 0.1) is 0 Å². The lowest BCUT2D eigenvalue weighted by atomic mass is 10.0. The molecule has 1 aromatic rings. The lowest BCUT2D eigenvalue weighted by Gasteiger charge is -2.16. The predicted octanol–water partition coefficient (Wildman–Crippen LogP) is 2.43. The van der Waals surface area contributed by atoms with Crippen molar-refractivity contribution in [2.24, 2.45) is 5.73 Å². The molecular weight excluding hydrogens is 235 g/mol. The van der Waals surface area contributed by atoms with Crippen molar-refractivity contribution in [3.63, 3.8) is 0 Å². The molecule has 0 radical (unpaired) electrons. The second kappa shape index (κ2) is 5.18. The van der Waals surface area contributed by atoms with E-state index in [2.05, 4.69) is 4.74 Å². The van der Waals surface area contributed by atoms with Crippen LogP contribution in [-0.2, 0) is 4.74 Å². The molecule has 1 rings (SSSR count). The van der Waals surface area contributed by atoms with E-state index in [1.54, 1.807) is 6.92 Å². The molecule has 6 heteroatoms. The van der Waals surface area contributed by atoms with Crippen molar-refractivity contribution in [2.75, 3.05) is 6.61 Å². The normalized spacial score (nSPS) is 13.2. The molecule has 2 N–H and O–H groups in total. The van der Waals surface area contributed by atoms with Crippen LogP contribution in [0.1, 0.15) is 28.9 Å². The number of hydrogen-bond donors (Lipinski definition) is 1. The minimum atomic E-state index is -4.53. The van der Waals surface area contributed by atoms with E-state index < -0.39 is 18.2 Å². The first-order valence-corrected chi connectivity index (χ1v) is 4.95. The molecule has 0 aromatic heterocycles. The third-order valence-corrected chi connectivity index (χ3v) is 2.11. The van der Waals surface area contributed by atoms with Crippen molar-refractivity contribution in [1.82, 2.24) is 0 Å². The second-order valence-electron chi connectivity index (χ2n) is 3.37. The molecule has 0 unspecified atom stereocenters. The highest BCUT2D eigenvalue weighted by Crippen LogP contribution is 2.30. The summed E-state index contributed by atoms with van der Waals surface area (Å²) in [6.07, 6.45) is -4.53. The maximum atomic E-state index is 12.4. The Balaban J connectivity index is 2.97. The molecule has 94 valence electrons. The van der Waals surface area contributed by atoms with Gasteiger partial charge in [-0.1, -0.05) is 12.1 Å². The minimum absolute atomic E-state index is 0.0593. The summed E-state index contributed by atoms with van der Waals surface area (Å²) in [5, 5.41) is 0. The van der Waals surface area contributed by atoms with E-state index >= 15 is 0 Å². The molecule has 0 saturated carbocycles. The van der Waals surface area contributed by atoms with E-state index in [0.29, 0.717) is 0 Å². The minimum Gasteiger partial charge on any atom is -0.462 e. The van der Waals surface area contributed by atoms with Crippen LogP contribution in [0.3, 0.4) is 0 Å². The van der Waals surface area contributed by atoms with E-state index in [1.807, 2.05) is 0 Å². The van der Waals surface area contributed by atoms with Gasteiger partial charge in [-0.15, -0.1) is 0 Å². The molecule has 0 bridgehead atoms. The third-order valence-electron chi connectivity index (χ3n) is 2.11. The van der Waals surface area contributed by atoms with Crippen LogP contribution in [0.5, 0.6) is 0 Å². The molecule has 0 fully saturated rings. The lowest BCUT2D eigenvalue weighted by Crippen LogP contribution is -2.28. The van der Waals surface area contributed by atoms with Gasteiger partial charge in [-0.25, -0.2) is 4.79 Å². The van der Waals surface area contributed by atoms with Crippen LogP contribution in [-0.4, -0.2) is 18.8 Å². The van der Waals surface area contributed by atoms with Crippen LogP contribution < -0.4 is 5.73 Å². The molecule has 17 heavy (non-hydrogen) atoms. The summed E-state index contributed by atoms with van der Waals surface area (Å²) < 4.78 is 41.8. The Labute approximate surface area is 96.4 Å². The van der Waals surface area contributed by atoms with Gasteiger partial charge in [-0.3, -0.25) is 0 Å². The fourth-order valence-corrected chi connectivity index (χ4v) is 1.26. The van der Waals surface area contributed by atoms with Gasteiger partial charge in [0, 0.05) is 0 Å². The van der Waals surface area contributed by atoms with Crippen LogP contribution >= 0.6 is 0 Å². The molecule has 0 heterocycles. The summed E-state index contributed by atoms with van der Waals surface area (Å²) >= 11 is 0. The fraction of sp³-hybridized carbons (Fsp3) is 0.364. The zero-order valence-corrected chi connectivity index (χ0v) is 9.12. The maximum absolute atomic E-state index is 12.4. The lowest BCUT2D eigenvalue weighted by molar-refractivity contribution is -0.149. The average molecular weight is 247 g/mol. The number of halogens is 3. The molecule has 0 amide bonds. The third kappa shape index (κ3) is 3.45. The largest absolute Gasteiger partial charge is 0.462 e. The Morgan fingerprint density at radius 1 is 1.47 bits per heavy atom. The second-order valence-corrected chi connectivity index (χ2v) is 3.37. The number of benzene rings is 1. The number of carbonyl (C=O) groups excluding carboxylic acids is 1. The van der Waals surface area contributed by atoms with Crippen LogP contribution in [0.15, 0.2) is 24.3 Å². The number of hydrogen-bond acceptors (Lipinski definition) is 3.